The Morgan fingerprint density at radius 3 is 0.797 bits per heavy atom. The lowest BCUT2D eigenvalue weighted by Crippen LogP contribution is -2.03. The van der Waals surface area contributed by atoms with Crippen molar-refractivity contribution in [2.45, 2.75) is 196 Å². The molecule has 0 aliphatic carbocycles. The van der Waals surface area contributed by atoms with Crippen molar-refractivity contribution in [1.29, 1.82) is 0 Å². The van der Waals surface area contributed by atoms with Gasteiger partial charge < -0.3 is 28.4 Å². The summed E-state index contributed by atoms with van der Waals surface area (Å²) in [5.74, 6) is 5.16. The third-order valence-corrected chi connectivity index (χ3v) is 11.5. The van der Waals surface area contributed by atoms with E-state index in [4.69, 9.17) is 28.4 Å². The second-order valence-electron chi connectivity index (χ2n) is 17.4. The van der Waals surface area contributed by atoms with Gasteiger partial charge in [-0.3, -0.25) is 0 Å². The van der Waals surface area contributed by atoms with Gasteiger partial charge in [0.15, 0.2) is 0 Å². The van der Waals surface area contributed by atoms with Crippen LogP contribution in [-0.4, -0.2) is 39.6 Å². The third-order valence-electron chi connectivity index (χ3n) is 11.5. The molecule has 0 aromatic heterocycles. The minimum Gasteiger partial charge on any atom is -0.494 e. The lowest BCUT2D eigenvalue weighted by molar-refractivity contribution is 0.296. The first-order valence-electron chi connectivity index (χ1n) is 26.2. The average molecular weight is 883 g/mol. The van der Waals surface area contributed by atoms with E-state index in [0.29, 0.717) is 39.6 Å². The molecule has 0 amide bonds. The lowest BCUT2D eigenvalue weighted by Gasteiger charge is -2.16. The van der Waals surface area contributed by atoms with Crippen LogP contribution in [0.25, 0.3) is 24.3 Å². The largest absolute Gasteiger partial charge is 0.494 e. The van der Waals surface area contributed by atoms with Crippen LogP contribution >= 0.6 is 0 Å². The molecule has 0 spiro atoms. The lowest BCUT2D eigenvalue weighted by atomic mass is 10.0. The SMILES string of the molecule is CCCCCCOc1ccc(OCCCCCC)c(/C=C/c2cc(OCCCCCC)c(/C=C/c3cc(OCCCCCC)ccc3OCCCCCC)cc2OCCCCCC)c1. The van der Waals surface area contributed by atoms with Crippen molar-refractivity contribution in [3.8, 4) is 34.5 Å². The Morgan fingerprint density at radius 1 is 0.266 bits per heavy atom. The van der Waals surface area contributed by atoms with Gasteiger partial charge in [-0.2, -0.15) is 0 Å². The van der Waals surface area contributed by atoms with E-state index >= 15 is 0 Å². The van der Waals surface area contributed by atoms with Crippen LogP contribution in [-0.2, 0) is 0 Å². The standard InChI is InChI=1S/C58H90O6/c1-7-13-19-25-39-59-53-35-37-55(61-41-27-21-15-9-3)49(45-53)31-33-51-47-58(64-44-30-24-18-12-6)52(48-57(51)63-43-29-23-17-11-5)34-32-50-46-54(60-40-26-20-14-8-2)36-38-56(50)62-42-28-22-16-10-4/h31-38,45-48H,7-30,39-44H2,1-6H3/b33-31+,34-32+. The van der Waals surface area contributed by atoms with E-state index in [-0.39, 0.29) is 0 Å². The molecule has 0 fully saturated rings. The Bertz CT molecular complexity index is 1550. The maximum atomic E-state index is 6.68. The van der Waals surface area contributed by atoms with Crippen molar-refractivity contribution in [2.24, 2.45) is 0 Å². The van der Waals surface area contributed by atoms with Crippen molar-refractivity contribution >= 4 is 24.3 Å². The quantitative estimate of drug-likeness (QED) is 0.0419. The topological polar surface area (TPSA) is 55.4 Å². The summed E-state index contributed by atoms with van der Waals surface area (Å²) in [6.45, 7) is 17.6. The van der Waals surface area contributed by atoms with Crippen LogP contribution in [0.15, 0.2) is 48.5 Å². The van der Waals surface area contributed by atoms with E-state index in [1.807, 2.05) is 12.1 Å². The predicted octanol–water partition coefficient (Wildman–Crippen LogP) is 17.8. The zero-order chi connectivity index (χ0) is 45.7. The van der Waals surface area contributed by atoms with Crippen molar-refractivity contribution in [3.05, 3.63) is 70.8 Å². The highest BCUT2D eigenvalue weighted by Gasteiger charge is 2.13. The fraction of sp³-hybridized carbons (Fsp3) is 0.621. The van der Waals surface area contributed by atoms with Gasteiger partial charge in [0.25, 0.3) is 0 Å². The van der Waals surface area contributed by atoms with Crippen LogP contribution in [0, 0.1) is 0 Å². The molecule has 0 saturated carbocycles. The molecule has 0 bridgehead atoms. The Labute approximate surface area is 391 Å². The van der Waals surface area contributed by atoms with Crippen LogP contribution in [0.3, 0.4) is 0 Å². The summed E-state index contributed by atoms with van der Waals surface area (Å²) >= 11 is 0. The maximum absolute atomic E-state index is 6.68. The molecule has 0 aliphatic heterocycles. The molecule has 0 atom stereocenters. The fourth-order valence-corrected chi connectivity index (χ4v) is 7.50. The van der Waals surface area contributed by atoms with Crippen molar-refractivity contribution < 1.29 is 28.4 Å². The molecule has 6 nitrogen and oxygen atoms in total. The van der Waals surface area contributed by atoms with E-state index in [9.17, 15) is 0 Å². The molecule has 0 aliphatic rings. The van der Waals surface area contributed by atoms with Gasteiger partial charge in [-0.05, 0) is 87.1 Å². The summed E-state index contributed by atoms with van der Waals surface area (Å²) in [6, 6.07) is 16.8. The van der Waals surface area contributed by atoms with E-state index < -0.39 is 0 Å². The first-order chi connectivity index (χ1) is 31.6. The molecular weight excluding hydrogens is 793 g/mol. The predicted molar refractivity (Wildman–Crippen MR) is 275 cm³/mol. The smallest absolute Gasteiger partial charge is 0.127 e. The number of hydrogen-bond acceptors (Lipinski definition) is 6. The van der Waals surface area contributed by atoms with Gasteiger partial charge in [-0.25, -0.2) is 0 Å². The van der Waals surface area contributed by atoms with Crippen LogP contribution < -0.4 is 28.4 Å². The molecule has 0 N–H and O–H groups in total. The van der Waals surface area contributed by atoms with Gasteiger partial charge in [0, 0.05) is 22.3 Å². The van der Waals surface area contributed by atoms with Crippen LogP contribution in [0.5, 0.6) is 34.5 Å². The van der Waals surface area contributed by atoms with E-state index in [1.165, 1.54) is 103 Å². The molecule has 6 heteroatoms. The second kappa shape index (κ2) is 36.2. The fourth-order valence-electron chi connectivity index (χ4n) is 7.50. The third kappa shape index (κ3) is 23.2. The van der Waals surface area contributed by atoms with Crippen molar-refractivity contribution in [2.75, 3.05) is 39.6 Å². The summed E-state index contributed by atoms with van der Waals surface area (Å²) in [7, 11) is 0. The number of hydrogen-bond donors (Lipinski definition) is 0. The Hall–Kier alpha value is -4.06. The van der Waals surface area contributed by atoms with Crippen LogP contribution in [0.4, 0.5) is 0 Å². The number of unbranched alkanes of at least 4 members (excludes halogenated alkanes) is 18. The molecule has 64 heavy (non-hydrogen) atoms. The number of benzene rings is 3. The normalized spacial score (nSPS) is 11.5. The van der Waals surface area contributed by atoms with Crippen molar-refractivity contribution in [3.63, 3.8) is 0 Å². The summed E-state index contributed by atoms with van der Waals surface area (Å²) in [5, 5.41) is 0. The highest BCUT2D eigenvalue weighted by molar-refractivity contribution is 5.81. The van der Waals surface area contributed by atoms with Crippen molar-refractivity contribution in [1.82, 2.24) is 0 Å². The first-order valence-corrected chi connectivity index (χ1v) is 26.2. The van der Waals surface area contributed by atoms with Crippen LogP contribution in [0.2, 0.25) is 0 Å². The average Bonchev–Trinajstić information content (AvgIpc) is 3.31. The first kappa shape index (κ1) is 54.3. The van der Waals surface area contributed by atoms with Gasteiger partial charge in [-0.1, -0.05) is 181 Å². The second-order valence-corrected chi connectivity index (χ2v) is 17.4. The summed E-state index contributed by atoms with van der Waals surface area (Å²) in [5.41, 5.74) is 3.95. The molecule has 0 radical (unpaired) electrons. The Kier molecular flexibility index (Phi) is 30.7. The molecule has 0 saturated heterocycles. The van der Waals surface area contributed by atoms with Gasteiger partial charge in [0.1, 0.15) is 34.5 Å². The highest BCUT2D eigenvalue weighted by Crippen LogP contribution is 2.35. The zero-order valence-electron chi connectivity index (χ0n) is 41.6. The molecule has 3 rings (SSSR count). The minimum absolute atomic E-state index is 0.655. The molecule has 3 aromatic carbocycles. The zero-order valence-corrected chi connectivity index (χ0v) is 41.6. The van der Waals surface area contributed by atoms with Crippen LogP contribution in [0.1, 0.15) is 218 Å². The molecule has 0 heterocycles. The van der Waals surface area contributed by atoms with Gasteiger partial charge in [0.05, 0.1) is 39.6 Å². The summed E-state index contributed by atoms with van der Waals surface area (Å²) < 4.78 is 38.7. The highest BCUT2D eigenvalue weighted by atomic mass is 16.5. The molecular formula is C58H90O6. The maximum Gasteiger partial charge on any atom is 0.127 e. The van der Waals surface area contributed by atoms with Gasteiger partial charge in [-0.15, -0.1) is 0 Å². The number of rotatable bonds is 40. The Balaban J connectivity index is 2.07. The Morgan fingerprint density at radius 2 is 0.516 bits per heavy atom. The molecule has 358 valence electrons. The molecule has 3 aromatic rings. The monoisotopic (exact) mass is 883 g/mol. The minimum atomic E-state index is 0.655. The van der Waals surface area contributed by atoms with E-state index in [1.54, 1.807) is 0 Å². The van der Waals surface area contributed by atoms with Gasteiger partial charge in [0.2, 0.25) is 0 Å². The summed E-state index contributed by atoms with van der Waals surface area (Å²) in [6.07, 6.45) is 36.4. The van der Waals surface area contributed by atoms with Gasteiger partial charge >= 0.3 is 0 Å². The van der Waals surface area contributed by atoms with E-state index in [0.717, 1.165) is 108 Å². The molecule has 0 unspecified atom stereocenters. The van der Waals surface area contributed by atoms with E-state index in [2.05, 4.69) is 102 Å². The number of ether oxygens (including phenoxy) is 6. The summed E-state index contributed by atoms with van der Waals surface area (Å²) in [4.78, 5) is 0.